The number of Topliss-reactive ketones (excluding diaryl/α,β-unsaturated/α-hetero) is 1. The molecule has 1 aliphatic rings. The number of fused-ring (bicyclic) bond motifs is 2. The van der Waals surface area contributed by atoms with Crippen LogP contribution >= 0.6 is 22.7 Å². The highest BCUT2D eigenvalue weighted by Crippen LogP contribution is 2.34. The molecule has 1 atom stereocenters. The van der Waals surface area contributed by atoms with Gasteiger partial charge in [0, 0.05) is 15.3 Å². The van der Waals surface area contributed by atoms with Crippen LogP contribution in [0, 0.1) is 5.92 Å². The van der Waals surface area contributed by atoms with Crippen LogP contribution in [0.5, 0.6) is 0 Å². The Morgan fingerprint density at radius 2 is 1.95 bits per heavy atom. The first-order chi connectivity index (χ1) is 9.81. The maximum absolute atomic E-state index is 12.7. The lowest BCUT2D eigenvalue weighted by atomic mass is 9.81. The summed E-state index contributed by atoms with van der Waals surface area (Å²) in [6.07, 6.45) is 2.92. The van der Waals surface area contributed by atoms with E-state index in [0.29, 0.717) is 5.78 Å². The zero-order valence-corrected chi connectivity index (χ0v) is 12.6. The minimum Gasteiger partial charge on any atom is -0.293 e. The molecule has 4 rings (SSSR count). The second-order valence-electron chi connectivity index (χ2n) is 5.33. The number of aryl methyl sites for hydroxylation is 1. The molecule has 100 valence electrons. The minimum absolute atomic E-state index is 0.164. The van der Waals surface area contributed by atoms with Crippen molar-refractivity contribution in [2.45, 2.75) is 19.3 Å². The molecule has 2 heterocycles. The Balaban J connectivity index is 1.62. The molecule has 2 aromatic heterocycles. The number of hydrogen-bond acceptors (Lipinski definition) is 3. The summed E-state index contributed by atoms with van der Waals surface area (Å²) in [5, 5.41) is 2.09. The molecule has 0 fully saturated rings. The van der Waals surface area contributed by atoms with Crippen LogP contribution in [0.1, 0.15) is 27.2 Å². The molecular formula is C17H14OS2. The summed E-state index contributed by atoms with van der Waals surface area (Å²) >= 11 is 3.37. The van der Waals surface area contributed by atoms with Crippen LogP contribution in [-0.4, -0.2) is 5.78 Å². The number of ketones is 1. The van der Waals surface area contributed by atoms with Crippen molar-refractivity contribution in [1.82, 2.24) is 0 Å². The van der Waals surface area contributed by atoms with Gasteiger partial charge in [0.15, 0.2) is 5.78 Å². The smallest absolute Gasteiger partial charge is 0.176 e. The van der Waals surface area contributed by atoms with E-state index in [4.69, 9.17) is 0 Å². The maximum Gasteiger partial charge on any atom is 0.176 e. The molecule has 0 N–H and O–H groups in total. The first kappa shape index (κ1) is 12.3. The van der Waals surface area contributed by atoms with E-state index in [2.05, 4.69) is 41.8 Å². The predicted octanol–water partition coefficient (Wildman–Crippen LogP) is 4.95. The average molecular weight is 298 g/mol. The summed E-state index contributed by atoms with van der Waals surface area (Å²) in [5.41, 5.74) is 2.78. The lowest BCUT2D eigenvalue weighted by Crippen LogP contribution is -2.22. The Morgan fingerprint density at radius 3 is 2.80 bits per heavy atom. The summed E-state index contributed by atoms with van der Waals surface area (Å²) in [4.78, 5) is 13.6. The van der Waals surface area contributed by atoms with Gasteiger partial charge in [0.2, 0.25) is 0 Å². The van der Waals surface area contributed by atoms with Crippen LogP contribution < -0.4 is 0 Å². The fourth-order valence-electron chi connectivity index (χ4n) is 3.01. The molecule has 0 saturated carbocycles. The van der Waals surface area contributed by atoms with Crippen LogP contribution in [0.4, 0.5) is 0 Å². The summed E-state index contributed by atoms with van der Waals surface area (Å²) in [7, 11) is 0. The van der Waals surface area contributed by atoms with Gasteiger partial charge < -0.3 is 0 Å². The van der Waals surface area contributed by atoms with Crippen LogP contribution in [0.3, 0.4) is 0 Å². The highest BCUT2D eigenvalue weighted by Gasteiger charge is 2.26. The zero-order chi connectivity index (χ0) is 13.5. The van der Waals surface area contributed by atoms with Crippen molar-refractivity contribution in [2.75, 3.05) is 0 Å². The molecule has 3 heteroatoms. The van der Waals surface area contributed by atoms with Crippen molar-refractivity contribution in [2.24, 2.45) is 5.92 Å². The monoisotopic (exact) mass is 298 g/mol. The Labute approximate surface area is 125 Å². The first-order valence-electron chi connectivity index (χ1n) is 6.89. The highest BCUT2D eigenvalue weighted by atomic mass is 32.1. The van der Waals surface area contributed by atoms with Gasteiger partial charge in [-0.05, 0) is 47.9 Å². The Bertz CT molecular complexity index is 752. The summed E-state index contributed by atoms with van der Waals surface area (Å²) in [6.45, 7) is 0. The Hall–Kier alpha value is -1.45. The van der Waals surface area contributed by atoms with Crippen molar-refractivity contribution in [3.05, 3.63) is 57.8 Å². The molecular weight excluding hydrogens is 284 g/mol. The quantitative estimate of drug-likeness (QED) is 0.612. The van der Waals surface area contributed by atoms with Gasteiger partial charge in [0.25, 0.3) is 0 Å². The molecule has 0 radical (unpaired) electrons. The van der Waals surface area contributed by atoms with Crippen LogP contribution in [0.15, 0.2) is 41.8 Å². The lowest BCUT2D eigenvalue weighted by Gasteiger charge is -2.23. The van der Waals surface area contributed by atoms with Crippen molar-refractivity contribution in [1.29, 1.82) is 0 Å². The molecule has 1 aliphatic carbocycles. The minimum atomic E-state index is 0.164. The Kier molecular flexibility index (Phi) is 2.97. The molecule has 0 spiro atoms. The predicted molar refractivity (Wildman–Crippen MR) is 86.0 cm³/mol. The number of benzene rings is 1. The summed E-state index contributed by atoms with van der Waals surface area (Å²) in [6, 6.07) is 12.7. The van der Waals surface area contributed by atoms with E-state index in [9.17, 15) is 4.79 Å². The fourth-order valence-corrected chi connectivity index (χ4v) is 5.14. The number of hydrogen-bond donors (Lipinski definition) is 0. The van der Waals surface area contributed by atoms with Gasteiger partial charge in [0.05, 0.1) is 4.88 Å². The molecule has 1 unspecified atom stereocenters. The van der Waals surface area contributed by atoms with Gasteiger partial charge in [-0.3, -0.25) is 4.79 Å². The van der Waals surface area contributed by atoms with E-state index in [1.54, 1.807) is 22.7 Å². The van der Waals surface area contributed by atoms with Gasteiger partial charge in [0.1, 0.15) is 0 Å². The third kappa shape index (κ3) is 2.02. The maximum atomic E-state index is 12.7. The van der Waals surface area contributed by atoms with Crippen LogP contribution in [-0.2, 0) is 12.8 Å². The fraction of sp³-hybridized carbons (Fsp3) is 0.235. The Morgan fingerprint density at radius 1 is 1.10 bits per heavy atom. The highest BCUT2D eigenvalue weighted by molar-refractivity contribution is 7.27. The van der Waals surface area contributed by atoms with Gasteiger partial charge in [-0.25, -0.2) is 0 Å². The van der Waals surface area contributed by atoms with E-state index < -0.39 is 0 Å². The van der Waals surface area contributed by atoms with Gasteiger partial charge >= 0.3 is 0 Å². The van der Waals surface area contributed by atoms with E-state index >= 15 is 0 Å². The van der Waals surface area contributed by atoms with Gasteiger partial charge in [-0.1, -0.05) is 24.3 Å². The largest absolute Gasteiger partial charge is 0.293 e. The van der Waals surface area contributed by atoms with Crippen LogP contribution in [0.25, 0.3) is 9.40 Å². The second kappa shape index (κ2) is 4.83. The summed E-state index contributed by atoms with van der Waals surface area (Å²) < 4.78 is 2.49. The third-order valence-electron chi connectivity index (χ3n) is 4.10. The van der Waals surface area contributed by atoms with E-state index in [1.807, 2.05) is 0 Å². The van der Waals surface area contributed by atoms with Crippen molar-refractivity contribution in [3.63, 3.8) is 0 Å². The molecule has 3 aromatic rings. The molecule has 1 aromatic carbocycles. The standard InChI is InChI=1S/C17H14OS2/c18-17(16-10-15-14(20-16)7-8-19-15)13-6-5-11-3-1-2-4-12(11)9-13/h1-4,7-8,10,13H,5-6,9H2. The number of carbonyl (C=O) groups is 1. The van der Waals surface area contributed by atoms with Gasteiger partial charge in [-0.15, -0.1) is 22.7 Å². The number of carbonyl (C=O) groups excluding carboxylic acids is 1. The molecule has 0 aliphatic heterocycles. The second-order valence-corrected chi connectivity index (χ2v) is 7.36. The molecule has 20 heavy (non-hydrogen) atoms. The van der Waals surface area contributed by atoms with Crippen molar-refractivity contribution < 1.29 is 4.79 Å². The lowest BCUT2D eigenvalue weighted by molar-refractivity contribution is 0.0913. The van der Waals surface area contributed by atoms with E-state index in [-0.39, 0.29) is 5.92 Å². The molecule has 0 saturated heterocycles. The molecule has 0 amide bonds. The molecule has 0 bridgehead atoms. The third-order valence-corrected chi connectivity index (χ3v) is 6.21. The van der Waals surface area contributed by atoms with Gasteiger partial charge in [-0.2, -0.15) is 0 Å². The van der Waals surface area contributed by atoms with E-state index in [0.717, 1.165) is 24.1 Å². The number of rotatable bonds is 2. The summed E-state index contributed by atoms with van der Waals surface area (Å²) in [5.74, 6) is 0.505. The topological polar surface area (TPSA) is 17.1 Å². The zero-order valence-electron chi connectivity index (χ0n) is 11.0. The van der Waals surface area contributed by atoms with E-state index in [1.165, 1.54) is 20.5 Å². The van der Waals surface area contributed by atoms with Crippen LogP contribution in [0.2, 0.25) is 0 Å². The molecule has 1 nitrogen and oxygen atoms in total. The number of thiophene rings is 2. The normalized spacial score (nSPS) is 18.1. The van der Waals surface area contributed by atoms with Crippen molar-refractivity contribution >= 4 is 37.9 Å². The van der Waals surface area contributed by atoms with Crippen molar-refractivity contribution in [3.8, 4) is 0 Å². The average Bonchev–Trinajstić information content (AvgIpc) is 3.07. The SMILES string of the molecule is O=C(c1cc2sccc2s1)C1CCc2ccccc2C1. The first-order valence-corrected chi connectivity index (χ1v) is 8.59.